The molecule has 0 aromatic heterocycles. The SMILES string of the molecule is C=CCOC(=O)C1=C(C)N=C2SCCC(=O)N2C1c1ccccc1F. The van der Waals surface area contributed by atoms with Gasteiger partial charge in [-0.2, -0.15) is 0 Å². The summed E-state index contributed by atoms with van der Waals surface area (Å²) in [6.07, 6.45) is 1.76. The summed E-state index contributed by atoms with van der Waals surface area (Å²) in [5.74, 6) is -0.690. The van der Waals surface area contributed by atoms with E-state index in [4.69, 9.17) is 4.74 Å². The number of esters is 1. The highest BCUT2D eigenvalue weighted by atomic mass is 32.2. The molecular formula is C18H17FN2O3S. The lowest BCUT2D eigenvalue weighted by Crippen LogP contribution is -2.46. The first kappa shape index (κ1) is 17.4. The number of amidine groups is 1. The Morgan fingerprint density at radius 2 is 2.28 bits per heavy atom. The monoisotopic (exact) mass is 360 g/mol. The first-order chi connectivity index (χ1) is 12.0. The number of benzene rings is 1. The van der Waals surface area contributed by atoms with Gasteiger partial charge in [0.2, 0.25) is 5.91 Å². The summed E-state index contributed by atoms with van der Waals surface area (Å²) in [5, 5.41) is 0.488. The minimum atomic E-state index is -0.883. The number of hydrogen-bond donors (Lipinski definition) is 0. The van der Waals surface area contributed by atoms with Crippen LogP contribution < -0.4 is 0 Å². The highest BCUT2D eigenvalue weighted by Crippen LogP contribution is 2.41. The standard InChI is InChI=1S/C18H17FN2O3S/c1-3-9-24-17(23)15-11(2)20-18-21(14(22)8-10-25-18)16(15)12-6-4-5-7-13(12)19/h3-7,16H,1,8-10H2,2H3. The van der Waals surface area contributed by atoms with Gasteiger partial charge in [-0.1, -0.05) is 42.6 Å². The normalized spacial score (nSPS) is 20.1. The number of carbonyl (C=O) groups is 2. The molecule has 0 radical (unpaired) electrons. The molecule has 0 bridgehead atoms. The highest BCUT2D eigenvalue weighted by molar-refractivity contribution is 8.14. The summed E-state index contributed by atoms with van der Waals surface area (Å²) < 4.78 is 19.7. The Bertz CT molecular complexity index is 803. The molecule has 3 rings (SSSR count). The molecule has 25 heavy (non-hydrogen) atoms. The van der Waals surface area contributed by atoms with Gasteiger partial charge in [0, 0.05) is 17.7 Å². The summed E-state index contributed by atoms with van der Waals surface area (Å²) in [7, 11) is 0. The second-order valence-electron chi connectivity index (χ2n) is 5.57. The van der Waals surface area contributed by atoms with Crippen molar-refractivity contribution in [1.82, 2.24) is 4.90 Å². The van der Waals surface area contributed by atoms with Gasteiger partial charge in [-0.25, -0.2) is 14.2 Å². The molecule has 1 saturated heterocycles. The van der Waals surface area contributed by atoms with Crippen LogP contribution in [0.25, 0.3) is 0 Å². The van der Waals surface area contributed by atoms with E-state index in [1.165, 1.54) is 28.8 Å². The fourth-order valence-corrected chi connectivity index (χ4v) is 3.87. The number of halogens is 1. The second-order valence-corrected chi connectivity index (χ2v) is 6.63. The molecule has 130 valence electrons. The third-order valence-corrected chi connectivity index (χ3v) is 4.91. The molecular weight excluding hydrogens is 343 g/mol. The van der Waals surface area contributed by atoms with E-state index in [9.17, 15) is 14.0 Å². The molecule has 2 heterocycles. The van der Waals surface area contributed by atoms with Crippen molar-refractivity contribution in [3.8, 4) is 0 Å². The van der Waals surface area contributed by atoms with Crippen molar-refractivity contribution in [2.24, 2.45) is 4.99 Å². The third kappa shape index (κ3) is 3.24. The number of allylic oxidation sites excluding steroid dienone is 1. The van der Waals surface area contributed by atoms with Crippen LogP contribution in [-0.4, -0.2) is 34.3 Å². The molecule has 2 aliphatic heterocycles. The van der Waals surface area contributed by atoms with Crippen LogP contribution in [0.3, 0.4) is 0 Å². The number of fused-ring (bicyclic) bond motifs is 1. The first-order valence-electron chi connectivity index (χ1n) is 7.81. The Morgan fingerprint density at radius 1 is 1.52 bits per heavy atom. The molecule has 1 aromatic carbocycles. The van der Waals surface area contributed by atoms with Crippen LogP contribution in [0.2, 0.25) is 0 Å². The van der Waals surface area contributed by atoms with Crippen molar-refractivity contribution in [2.45, 2.75) is 19.4 Å². The molecule has 1 aromatic rings. The number of hydrogen-bond acceptors (Lipinski definition) is 5. The van der Waals surface area contributed by atoms with Gasteiger partial charge >= 0.3 is 5.97 Å². The fourth-order valence-electron chi connectivity index (χ4n) is 2.86. The highest BCUT2D eigenvalue weighted by Gasteiger charge is 2.42. The first-order valence-corrected chi connectivity index (χ1v) is 8.80. The van der Waals surface area contributed by atoms with E-state index in [0.29, 0.717) is 23.0 Å². The molecule has 1 unspecified atom stereocenters. The molecule has 0 saturated carbocycles. The van der Waals surface area contributed by atoms with Crippen LogP contribution in [0.4, 0.5) is 4.39 Å². The van der Waals surface area contributed by atoms with Gasteiger partial charge in [-0.15, -0.1) is 0 Å². The lowest BCUT2D eigenvalue weighted by Gasteiger charge is -2.38. The third-order valence-electron chi connectivity index (χ3n) is 3.96. The van der Waals surface area contributed by atoms with E-state index < -0.39 is 17.8 Å². The van der Waals surface area contributed by atoms with Gasteiger partial charge in [-0.05, 0) is 13.0 Å². The van der Waals surface area contributed by atoms with E-state index >= 15 is 0 Å². The van der Waals surface area contributed by atoms with Gasteiger partial charge in [0.15, 0.2) is 5.17 Å². The van der Waals surface area contributed by atoms with Gasteiger partial charge in [0.1, 0.15) is 18.5 Å². The minimum absolute atomic E-state index is 0.0267. The average molecular weight is 360 g/mol. The van der Waals surface area contributed by atoms with Crippen LogP contribution in [0, 0.1) is 5.82 Å². The van der Waals surface area contributed by atoms with Crippen LogP contribution in [0.15, 0.2) is 53.2 Å². The number of ether oxygens (including phenoxy) is 1. The summed E-state index contributed by atoms with van der Waals surface area (Å²) in [5.41, 5.74) is 0.845. The lowest BCUT2D eigenvalue weighted by molar-refractivity contribution is -0.139. The zero-order valence-corrected chi connectivity index (χ0v) is 14.5. The van der Waals surface area contributed by atoms with Crippen LogP contribution in [0.5, 0.6) is 0 Å². The number of nitrogens with zero attached hydrogens (tertiary/aromatic N) is 2. The van der Waals surface area contributed by atoms with Crippen LogP contribution in [-0.2, 0) is 14.3 Å². The predicted octanol–water partition coefficient (Wildman–Crippen LogP) is 3.21. The molecule has 5 nitrogen and oxygen atoms in total. The number of rotatable bonds is 4. The van der Waals surface area contributed by atoms with E-state index in [2.05, 4.69) is 11.6 Å². The zero-order chi connectivity index (χ0) is 18.0. The number of aliphatic imine (C=N–C) groups is 1. The summed E-state index contributed by atoms with van der Waals surface area (Å²) >= 11 is 1.42. The van der Waals surface area contributed by atoms with E-state index in [1.54, 1.807) is 25.1 Å². The maximum absolute atomic E-state index is 14.5. The molecule has 0 spiro atoms. The van der Waals surface area contributed by atoms with Gasteiger partial charge in [0.25, 0.3) is 0 Å². The Hall–Kier alpha value is -2.41. The van der Waals surface area contributed by atoms with Crippen molar-refractivity contribution in [3.63, 3.8) is 0 Å². The van der Waals surface area contributed by atoms with Crippen molar-refractivity contribution in [1.29, 1.82) is 0 Å². The Morgan fingerprint density at radius 3 is 3.00 bits per heavy atom. The molecule has 2 aliphatic rings. The smallest absolute Gasteiger partial charge is 0.338 e. The van der Waals surface area contributed by atoms with Crippen molar-refractivity contribution >= 4 is 28.8 Å². The predicted molar refractivity (Wildman–Crippen MR) is 94.4 cm³/mol. The number of thioether (sulfide) groups is 1. The molecule has 1 amide bonds. The van der Waals surface area contributed by atoms with Crippen molar-refractivity contribution in [3.05, 3.63) is 59.6 Å². The Balaban J connectivity index is 2.15. The van der Waals surface area contributed by atoms with Crippen molar-refractivity contribution < 1.29 is 18.7 Å². The maximum atomic E-state index is 14.5. The molecule has 0 aliphatic carbocycles. The van der Waals surface area contributed by atoms with Crippen LogP contribution in [0.1, 0.15) is 24.9 Å². The quantitative estimate of drug-likeness (QED) is 0.611. The van der Waals surface area contributed by atoms with Gasteiger partial charge in [0.05, 0.1) is 11.3 Å². The molecule has 1 atom stereocenters. The number of amides is 1. The van der Waals surface area contributed by atoms with E-state index in [0.717, 1.165) is 0 Å². The molecule has 7 heteroatoms. The summed E-state index contributed by atoms with van der Waals surface area (Å²) in [6, 6.07) is 5.24. The zero-order valence-electron chi connectivity index (χ0n) is 13.7. The van der Waals surface area contributed by atoms with Gasteiger partial charge in [-0.3, -0.25) is 9.69 Å². The Kier molecular flexibility index (Phi) is 5.03. The largest absolute Gasteiger partial charge is 0.458 e. The van der Waals surface area contributed by atoms with E-state index in [-0.39, 0.29) is 23.7 Å². The summed E-state index contributed by atoms with van der Waals surface area (Å²) in [6.45, 7) is 5.21. The lowest BCUT2D eigenvalue weighted by atomic mass is 9.94. The number of carbonyl (C=O) groups excluding carboxylic acids is 2. The van der Waals surface area contributed by atoms with Crippen LogP contribution >= 0.6 is 11.8 Å². The topological polar surface area (TPSA) is 59.0 Å². The second kappa shape index (κ2) is 7.23. The minimum Gasteiger partial charge on any atom is -0.458 e. The van der Waals surface area contributed by atoms with E-state index in [1.807, 2.05) is 0 Å². The fraction of sp³-hybridized carbons (Fsp3) is 0.278. The summed E-state index contributed by atoms with van der Waals surface area (Å²) in [4.78, 5) is 30.9. The maximum Gasteiger partial charge on any atom is 0.338 e. The molecule has 1 fully saturated rings. The Labute approximate surface area is 149 Å². The molecule has 0 N–H and O–H groups in total. The van der Waals surface area contributed by atoms with Gasteiger partial charge < -0.3 is 4.74 Å². The van der Waals surface area contributed by atoms with Crippen molar-refractivity contribution in [2.75, 3.05) is 12.4 Å². The average Bonchev–Trinajstić information content (AvgIpc) is 2.59.